The van der Waals surface area contributed by atoms with Gasteiger partial charge in [0.25, 0.3) is 0 Å². The molecule has 3 rings (SSSR count). The molecule has 1 atom stereocenters. The van der Waals surface area contributed by atoms with Gasteiger partial charge in [-0.1, -0.05) is 55.9 Å². The molecule has 0 spiro atoms. The number of hydrogen-bond donors (Lipinski definition) is 1. The molecule has 0 aromatic heterocycles. The summed E-state index contributed by atoms with van der Waals surface area (Å²) in [5.74, 6) is -0.198. The van der Waals surface area contributed by atoms with Crippen molar-refractivity contribution in [1.29, 1.82) is 0 Å². The molecule has 1 N–H and O–H groups in total. The Labute approximate surface area is 176 Å². The first-order valence-corrected chi connectivity index (χ1v) is 10.9. The molecule has 0 saturated carbocycles. The summed E-state index contributed by atoms with van der Waals surface area (Å²) in [5.41, 5.74) is 3.85. The number of aryl methyl sites for hydroxylation is 2. The average molecular weight is 410 g/mol. The van der Waals surface area contributed by atoms with E-state index in [1.807, 2.05) is 50.2 Å². The zero-order chi connectivity index (χ0) is 20.8. The summed E-state index contributed by atoms with van der Waals surface area (Å²) in [5, 5.41) is 3.15. The third-order valence-electron chi connectivity index (χ3n) is 4.83. The second-order valence-electron chi connectivity index (χ2n) is 7.08. The van der Waals surface area contributed by atoms with Crippen LogP contribution in [0, 0.1) is 6.92 Å². The highest BCUT2D eigenvalue weighted by atomic mass is 32.2. The maximum Gasteiger partial charge on any atom is 0.242 e. The van der Waals surface area contributed by atoms with Crippen molar-refractivity contribution in [2.24, 2.45) is 4.99 Å². The Morgan fingerprint density at radius 3 is 2.52 bits per heavy atom. The molecule has 0 unspecified atom stereocenters. The predicted octanol–water partition coefficient (Wildman–Crippen LogP) is 4.93. The molecule has 1 aliphatic rings. The summed E-state index contributed by atoms with van der Waals surface area (Å²) < 4.78 is 0. The number of rotatable bonds is 7. The molecular weight excluding hydrogens is 382 g/mol. The van der Waals surface area contributed by atoms with E-state index >= 15 is 0 Å². The first-order valence-electron chi connectivity index (χ1n) is 10.0. The molecule has 2 aromatic carbocycles. The third kappa shape index (κ3) is 5.26. The lowest BCUT2D eigenvalue weighted by Crippen LogP contribution is -2.34. The van der Waals surface area contributed by atoms with Gasteiger partial charge in [-0.2, -0.15) is 0 Å². The molecule has 1 heterocycles. The van der Waals surface area contributed by atoms with Gasteiger partial charge in [0.1, 0.15) is 5.25 Å². The van der Waals surface area contributed by atoms with E-state index in [4.69, 9.17) is 4.99 Å². The number of nitrogens with zero attached hydrogens (tertiary/aromatic N) is 2. The molecule has 152 valence electrons. The maximum absolute atomic E-state index is 12.9. The van der Waals surface area contributed by atoms with Gasteiger partial charge in [-0.05, 0) is 49.1 Å². The molecule has 6 heteroatoms. The van der Waals surface area contributed by atoms with Gasteiger partial charge in [0.2, 0.25) is 11.8 Å². The van der Waals surface area contributed by atoms with E-state index in [0.717, 1.165) is 29.8 Å². The minimum Gasteiger partial charge on any atom is -0.326 e. The lowest BCUT2D eigenvalue weighted by atomic mass is 10.2. The number of carbonyl (C=O) groups is 2. The van der Waals surface area contributed by atoms with E-state index in [1.165, 1.54) is 17.3 Å². The number of amides is 2. The Balaban J connectivity index is 1.73. The van der Waals surface area contributed by atoms with Crippen molar-refractivity contribution in [3.05, 3.63) is 59.7 Å². The van der Waals surface area contributed by atoms with E-state index in [1.54, 1.807) is 4.90 Å². The van der Waals surface area contributed by atoms with Gasteiger partial charge in [-0.15, -0.1) is 0 Å². The van der Waals surface area contributed by atoms with Crippen LogP contribution in [0.5, 0.6) is 0 Å². The number of nitrogens with one attached hydrogen (secondary N) is 1. The van der Waals surface area contributed by atoms with Crippen LogP contribution in [-0.2, 0) is 16.0 Å². The zero-order valence-electron chi connectivity index (χ0n) is 17.1. The number of aliphatic imine (C=N–C) groups is 1. The summed E-state index contributed by atoms with van der Waals surface area (Å²) in [6.45, 7) is 6.70. The first-order chi connectivity index (χ1) is 14.0. The van der Waals surface area contributed by atoms with Gasteiger partial charge < -0.3 is 5.32 Å². The monoisotopic (exact) mass is 409 g/mol. The van der Waals surface area contributed by atoms with Gasteiger partial charge in [0.15, 0.2) is 5.17 Å². The Morgan fingerprint density at radius 1 is 1.14 bits per heavy atom. The fraction of sp³-hybridized carbons (Fsp3) is 0.348. The van der Waals surface area contributed by atoms with Crippen LogP contribution in [0.1, 0.15) is 37.8 Å². The van der Waals surface area contributed by atoms with Crippen LogP contribution < -0.4 is 5.32 Å². The van der Waals surface area contributed by atoms with E-state index < -0.39 is 5.25 Å². The molecular formula is C23H27N3O2S. The minimum atomic E-state index is -0.445. The second kappa shape index (κ2) is 9.74. The quantitative estimate of drug-likeness (QED) is 0.705. The SMILES string of the molecule is CCCN1C(=O)[C@@H](CC(=O)Nc2ccccc2C)SC1=Nc1ccc(CC)cc1. The molecule has 1 fully saturated rings. The fourth-order valence-corrected chi connectivity index (χ4v) is 4.34. The summed E-state index contributed by atoms with van der Waals surface area (Å²) in [6, 6.07) is 15.7. The van der Waals surface area contributed by atoms with Crippen LogP contribution in [0.15, 0.2) is 53.5 Å². The molecule has 0 aliphatic carbocycles. The second-order valence-corrected chi connectivity index (χ2v) is 8.25. The van der Waals surface area contributed by atoms with E-state index in [2.05, 4.69) is 24.4 Å². The van der Waals surface area contributed by atoms with Crippen LogP contribution in [-0.4, -0.2) is 33.7 Å². The van der Waals surface area contributed by atoms with Crippen LogP contribution >= 0.6 is 11.8 Å². The molecule has 29 heavy (non-hydrogen) atoms. The normalized spacial score (nSPS) is 17.8. The third-order valence-corrected chi connectivity index (χ3v) is 6.00. The van der Waals surface area contributed by atoms with Gasteiger partial charge in [0, 0.05) is 18.7 Å². The Bertz CT molecular complexity index is 909. The standard InChI is InChI=1S/C23H27N3O2S/c1-4-14-26-22(28)20(15-21(27)25-19-9-7-6-8-16(19)3)29-23(26)24-18-12-10-17(5-2)11-13-18/h6-13,20H,4-5,14-15H2,1-3H3,(H,25,27)/t20-/m1/s1. The lowest BCUT2D eigenvalue weighted by Gasteiger charge is -2.15. The highest BCUT2D eigenvalue weighted by Gasteiger charge is 2.38. The van der Waals surface area contributed by atoms with Crippen molar-refractivity contribution >= 4 is 40.1 Å². The lowest BCUT2D eigenvalue weighted by molar-refractivity contribution is -0.128. The smallest absolute Gasteiger partial charge is 0.242 e. The molecule has 5 nitrogen and oxygen atoms in total. The molecule has 0 bridgehead atoms. The largest absolute Gasteiger partial charge is 0.326 e. The molecule has 0 radical (unpaired) electrons. The van der Waals surface area contributed by atoms with E-state index in [-0.39, 0.29) is 18.2 Å². The van der Waals surface area contributed by atoms with Crippen LogP contribution in [0.2, 0.25) is 0 Å². The summed E-state index contributed by atoms with van der Waals surface area (Å²) in [7, 11) is 0. The van der Waals surface area contributed by atoms with Crippen molar-refractivity contribution in [3.63, 3.8) is 0 Å². The number of amidine groups is 1. The first kappa shape index (κ1) is 21.1. The van der Waals surface area contributed by atoms with Gasteiger partial charge in [-0.3, -0.25) is 14.5 Å². The number of carbonyl (C=O) groups excluding carboxylic acids is 2. The highest BCUT2D eigenvalue weighted by molar-refractivity contribution is 8.15. The maximum atomic E-state index is 12.9. The summed E-state index contributed by atoms with van der Waals surface area (Å²) >= 11 is 1.38. The van der Waals surface area contributed by atoms with Crippen molar-refractivity contribution in [1.82, 2.24) is 4.90 Å². The van der Waals surface area contributed by atoms with Gasteiger partial charge in [-0.25, -0.2) is 4.99 Å². The van der Waals surface area contributed by atoms with Gasteiger partial charge >= 0.3 is 0 Å². The average Bonchev–Trinajstić information content (AvgIpc) is 2.99. The topological polar surface area (TPSA) is 61.8 Å². The minimum absolute atomic E-state index is 0.0410. The Morgan fingerprint density at radius 2 is 1.86 bits per heavy atom. The number of anilines is 1. The number of hydrogen-bond acceptors (Lipinski definition) is 4. The summed E-state index contributed by atoms with van der Waals surface area (Å²) in [6.07, 6.45) is 1.94. The Kier molecular flexibility index (Phi) is 7.09. The predicted molar refractivity (Wildman–Crippen MR) is 121 cm³/mol. The van der Waals surface area contributed by atoms with E-state index in [0.29, 0.717) is 11.7 Å². The molecule has 1 aliphatic heterocycles. The van der Waals surface area contributed by atoms with Crippen LogP contribution in [0.4, 0.5) is 11.4 Å². The van der Waals surface area contributed by atoms with Crippen molar-refractivity contribution in [2.75, 3.05) is 11.9 Å². The van der Waals surface area contributed by atoms with Crippen LogP contribution in [0.3, 0.4) is 0 Å². The molecule has 2 amide bonds. The zero-order valence-corrected chi connectivity index (χ0v) is 18.0. The Hall–Kier alpha value is -2.60. The van der Waals surface area contributed by atoms with Crippen molar-refractivity contribution in [3.8, 4) is 0 Å². The van der Waals surface area contributed by atoms with Gasteiger partial charge in [0.05, 0.1) is 5.69 Å². The molecule has 2 aromatic rings. The van der Waals surface area contributed by atoms with Crippen molar-refractivity contribution in [2.45, 2.75) is 45.3 Å². The number of thioether (sulfide) groups is 1. The summed E-state index contributed by atoms with van der Waals surface area (Å²) in [4.78, 5) is 31.8. The number of para-hydroxylation sites is 1. The van der Waals surface area contributed by atoms with E-state index in [9.17, 15) is 9.59 Å². The fourth-order valence-electron chi connectivity index (χ4n) is 3.15. The van der Waals surface area contributed by atoms with Crippen LogP contribution in [0.25, 0.3) is 0 Å². The molecule has 1 saturated heterocycles. The van der Waals surface area contributed by atoms with Crippen molar-refractivity contribution < 1.29 is 9.59 Å². The highest BCUT2D eigenvalue weighted by Crippen LogP contribution is 2.32. The number of benzene rings is 2.